The van der Waals surface area contributed by atoms with Crippen LogP contribution in [0.1, 0.15) is 19.8 Å². The Balaban J connectivity index is 2.97. The van der Waals surface area contributed by atoms with Gasteiger partial charge in [0.15, 0.2) is 0 Å². The topological polar surface area (TPSA) is 41.5 Å². The van der Waals surface area contributed by atoms with Crippen LogP contribution in [0.25, 0.3) is 0 Å². The summed E-state index contributed by atoms with van der Waals surface area (Å²) in [5.41, 5.74) is 0. The standard InChI is InChI=1S/C8H19NO2/c1-3-4-5-9-6-8(10)7-11-2/h8-10H,3-7H2,1-2H3. The number of rotatable bonds is 7. The zero-order chi connectivity index (χ0) is 8.53. The second-order valence-corrected chi connectivity index (χ2v) is 2.67. The molecule has 68 valence electrons. The van der Waals surface area contributed by atoms with Crippen molar-refractivity contribution in [3.8, 4) is 0 Å². The first-order valence-corrected chi connectivity index (χ1v) is 4.19. The van der Waals surface area contributed by atoms with Gasteiger partial charge in [-0.2, -0.15) is 0 Å². The molecule has 0 radical (unpaired) electrons. The molecule has 0 aliphatic carbocycles. The molecule has 1 atom stereocenters. The van der Waals surface area contributed by atoms with Gasteiger partial charge in [-0.3, -0.25) is 0 Å². The second kappa shape index (κ2) is 7.98. The van der Waals surface area contributed by atoms with Crippen LogP contribution in [-0.4, -0.2) is 38.0 Å². The predicted octanol–water partition coefficient (Wildman–Crippen LogP) is 0.383. The van der Waals surface area contributed by atoms with Crippen LogP contribution < -0.4 is 5.32 Å². The van der Waals surface area contributed by atoms with E-state index in [1.54, 1.807) is 7.11 Å². The average molecular weight is 161 g/mol. The summed E-state index contributed by atoms with van der Waals surface area (Å²) < 4.78 is 4.77. The van der Waals surface area contributed by atoms with Crippen molar-refractivity contribution in [3.05, 3.63) is 0 Å². The summed E-state index contributed by atoms with van der Waals surface area (Å²) in [6.45, 7) is 4.18. The zero-order valence-corrected chi connectivity index (χ0v) is 7.47. The molecule has 2 N–H and O–H groups in total. The molecule has 0 amide bonds. The molecule has 3 nitrogen and oxygen atoms in total. The Morgan fingerprint density at radius 3 is 2.82 bits per heavy atom. The van der Waals surface area contributed by atoms with E-state index in [0.717, 1.165) is 6.54 Å². The molecule has 0 saturated heterocycles. The number of ether oxygens (including phenoxy) is 1. The fourth-order valence-corrected chi connectivity index (χ4v) is 0.822. The lowest BCUT2D eigenvalue weighted by molar-refractivity contribution is 0.0647. The Bertz CT molecular complexity index is 78.5. The smallest absolute Gasteiger partial charge is 0.0897 e. The van der Waals surface area contributed by atoms with Crippen molar-refractivity contribution in [3.63, 3.8) is 0 Å². The lowest BCUT2D eigenvalue weighted by Gasteiger charge is -2.09. The van der Waals surface area contributed by atoms with Gasteiger partial charge >= 0.3 is 0 Å². The molecule has 0 aromatic rings. The van der Waals surface area contributed by atoms with E-state index in [4.69, 9.17) is 9.84 Å². The molecular weight excluding hydrogens is 142 g/mol. The van der Waals surface area contributed by atoms with Gasteiger partial charge in [0.2, 0.25) is 0 Å². The minimum absolute atomic E-state index is 0.364. The van der Waals surface area contributed by atoms with Crippen molar-refractivity contribution >= 4 is 0 Å². The molecule has 0 heterocycles. The van der Waals surface area contributed by atoms with E-state index in [0.29, 0.717) is 13.2 Å². The Morgan fingerprint density at radius 1 is 1.55 bits per heavy atom. The first-order chi connectivity index (χ1) is 5.31. The van der Waals surface area contributed by atoms with Crippen LogP contribution in [-0.2, 0) is 4.74 Å². The molecular formula is C8H19NO2. The van der Waals surface area contributed by atoms with Gasteiger partial charge in [-0.05, 0) is 13.0 Å². The Morgan fingerprint density at radius 2 is 2.27 bits per heavy atom. The number of hydrogen-bond donors (Lipinski definition) is 2. The number of methoxy groups -OCH3 is 1. The molecule has 0 rings (SSSR count). The molecule has 0 saturated carbocycles. The van der Waals surface area contributed by atoms with Crippen molar-refractivity contribution in [1.29, 1.82) is 0 Å². The van der Waals surface area contributed by atoms with E-state index in [2.05, 4.69) is 12.2 Å². The summed E-state index contributed by atoms with van der Waals surface area (Å²) in [6, 6.07) is 0. The molecule has 0 aromatic carbocycles. The van der Waals surface area contributed by atoms with Gasteiger partial charge in [0.25, 0.3) is 0 Å². The second-order valence-electron chi connectivity index (χ2n) is 2.67. The SMILES string of the molecule is CCCCNCC(O)COC. The highest BCUT2D eigenvalue weighted by Gasteiger charge is 2.00. The summed E-state index contributed by atoms with van der Waals surface area (Å²) in [6.07, 6.45) is 1.99. The molecule has 0 bridgehead atoms. The van der Waals surface area contributed by atoms with Crippen molar-refractivity contribution < 1.29 is 9.84 Å². The summed E-state index contributed by atoms with van der Waals surface area (Å²) in [5.74, 6) is 0. The van der Waals surface area contributed by atoms with Crippen LogP contribution in [0, 0.1) is 0 Å². The number of hydrogen-bond acceptors (Lipinski definition) is 3. The van der Waals surface area contributed by atoms with Gasteiger partial charge in [0, 0.05) is 13.7 Å². The summed E-state index contributed by atoms with van der Waals surface area (Å²) in [7, 11) is 1.59. The van der Waals surface area contributed by atoms with E-state index in [-0.39, 0.29) is 6.10 Å². The highest BCUT2D eigenvalue weighted by Crippen LogP contribution is 1.84. The van der Waals surface area contributed by atoms with Crippen LogP contribution in [0.2, 0.25) is 0 Å². The summed E-state index contributed by atoms with van der Waals surface area (Å²) in [5, 5.41) is 12.3. The van der Waals surface area contributed by atoms with Crippen LogP contribution in [0.3, 0.4) is 0 Å². The summed E-state index contributed by atoms with van der Waals surface area (Å²) in [4.78, 5) is 0. The maximum atomic E-state index is 9.16. The maximum Gasteiger partial charge on any atom is 0.0897 e. The van der Waals surface area contributed by atoms with E-state index in [1.807, 2.05) is 0 Å². The Kier molecular flexibility index (Phi) is 7.89. The van der Waals surface area contributed by atoms with Crippen molar-refractivity contribution in [2.24, 2.45) is 0 Å². The molecule has 1 unspecified atom stereocenters. The normalized spacial score (nSPS) is 13.4. The monoisotopic (exact) mass is 161 g/mol. The van der Waals surface area contributed by atoms with Gasteiger partial charge < -0.3 is 15.2 Å². The maximum absolute atomic E-state index is 9.16. The molecule has 0 aliphatic heterocycles. The Hall–Kier alpha value is -0.120. The molecule has 11 heavy (non-hydrogen) atoms. The van der Waals surface area contributed by atoms with Gasteiger partial charge in [0.1, 0.15) is 0 Å². The highest BCUT2D eigenvalue weighted by atomic mass is 16.5. The minimum Gasteiger partial charge on any atom is -0.389 e. The van der Waals surface area contributed by atoms with E-state index < -0.39 is 0 Å². The predicted molar refractivity (Wildman–Crippen MR) is 45.7 cm³/mol. The van der Waals surface area contributed by atoms with Gasteiger partial charge in [-0.1, -0.05) is 13.3 Å². The van der Waals surface area contributed by atoms with Crippen molar-refractivity contribution in [2.75, 3.05) is 26.8 Å². The van der Waals surface area contributed by atoms with E-state index in [1.165, 1.54) is 12.8 Å². The van der Waals surface area contributed by atoms with Crippen LogP contribution in [0.4, 0.5) is 0 Å². The zero-order valence-electron chi connectivity index (χ0n) is 7.47. The van der Waals surface area contributed by atoms with Crippen LogP contribution in [0.15, 0.2) is 0 Å². The average Bonchev–Trinajstić information content (AvgIpc) is 1.99. The van der Waals surface area contributed by atoms with E-state index in [9.17, 15) is 0 Å². The van der Waals surface area contributed by atoms with Gasteiger partial charge in [-0.15, -0.1) is 0 Å². The number of nitrogens with one attached hydrogen (secondary N) is 1. The van der Waals surface area contributed by atoms with Gasteiger partial charge in [0.05, 0.1) is 12.7 Å². The molecule has 0 spiro atoms. The Labute approximate surface area is 68.8 Å². The lowest BCUT2D eigenvalue weighted by atomic mass is 10.3. The quantitative estimate of drug-likeness (QED) is 0.530. The first kappa shape index (κ1) is 10.9. The van der Waals surface area contributed by atoms with Crippen molar-refractivity contribution in [1.82, 2.24) is 5.32 Å². The fourth-order valence-electron chi connectivity index (χ4n) is 0.822. The molecule has 0 aromatic heterocycles. The first-order valence-electron chi connectivity index (χ1n) is 4.19. The highest BCUT2D eigenvalue weighted by molar-refractivity contribution is 4.57. The third kappa shape index (κ3) is 7.78. The summed E-state index contributed by atoms with van der Waals surface area (Å²) >= 11 is 0. The fraction of sp³-hybridized carbons (Fsp3) is 1.00. The lowest BCUT2D eigenvalue weighted by Crippen LogP contribution is -2.30. The number of unbranched alkanes of at least 4 members (excludes halogenated alkanes) is 1. The third-order valence-corrected chi connectivity index (χ3v) is 1.45. The third-order valence-electron chi connectivity index (χ3n) is 1.45. The van der Waals surface area contributed by atoms with Gasteiger partial charge in [-0.25, -0.2) is 0 Å². The van der Waals surface area contributed by atoms with Crippen molar-refractivity contribution in [2.45, 2.75) is 25.9 Å². The molecule has 0 fully saturated rings. The largest absolute Gasteiger partial charge is 0.389 e. The number of aliphatic hydroxyl groups excluding tert-OH is 1. The van der Waals surface area contributed by atoms with Crippen LogP contribution >= 0.6 is 0 Å². The number of aliphatic hydroxyl groups is 1. The van der Waals surface area contributed by atoms with Crippen LogP contribution in [0.5, 0.6) is 0 Å². The van der Waals surface area contributed by atoms with E-state index >= 15 is 0 Å². The molecule has 0 aliphatic rings. The minimum atomic E-state index is -0.364. The molecule has 3 heteroatoms.